The van der Waals surface area contributed by atoms with Crippen LogP contribution in [0, 0.1) is 0 Å². The number of fused-ring (bicyclic) bond motifs is 1. The Balaban J connectivity index is 1.42. The minimum atomic E-state index is -0.167. The zero-order valence-electron chi connectivity index (χ0n) is 15.4. The van der Waals surface area contributed by atoms with Gasteiger partial charge in [0.15, 0.2) is 0 Å². The van der Waals surface area contributed by atoms with Crippen molar-refractivity contribution in [1.82, 2.24) is 19.1 Å². The third kappa shape index (κ3) is 3.27. The van der Waals surface area contributed by atoms with Crippen LogP contribution in [0.5, 0.6) is 0 Å². The maximum atomic E-state index is 12.8. The monoisotopic (exact) mass is 379 g/mol. The molecule has 6 heteroatoms. The van der Waals surface area contributed by atoms with Crippen LogP contribution >= 0.6 is 0 Å². The van der Waals surface area contributed by atoms with Crippen LogP contribution in [0.4, 0.5) is 5.69 Å². The van der Waals surface area contributed by atoms with Crippen LogP contribution < -0.4 is 5.32 Å². The number of carbonyl (C=O) groups is 1. The summed E-state index contributed by atoms with van der Waals surface area (Å²) in [5, 5.41) is 2.98. The summed E-state index contributed by atoms with van der Waals surface area (Å²) in [5.41, 5.74) is 5.06. The van der Waals surface area contributed by atoms with E-state index in [1.54, 1.807) is 24.9 Å². The fraction of sp³-hybridized carbons (Fsp3) is 0. The highest BCUT2D eigenvalue weighted by Crippen LogP contribution is 2.21. The van der Waals surface area contributed by atoms with Gasteiger partial charge in [0, 0.05) is 35.0 Å². The van der Waals surface area contributed by atoms with Gasteiger partial charge in [-0.05, 0) is 48.5 Å². The van der Waals surface area contributed by atoms with Gasteiger partial charge in [0.05, 0.1) is 17.4 Å². The number of imidazole rings is 2. The van der Waals surface area contributed by atoms with Crippen molar-refractivity contribution in [3.8, 4) is 11.4 Å². The minimum Gasteiger partial charge on any atom is -0.322 e. The number of aromatic nitrogens is 4. The standard InChI is InChI=1S/C23H17N5O/c29-23(17-5-3-7-19(13-17)27-12-11-24-15-27)26-18-6-4-8-20(14-18)28-16-25-21-9-1-2-10-22(21)28/h1-16H,(H,26,29). The molecule has 0 saturated heterocycles. The van der Waals surface area contributed by atoms with E-state index in [-0.39, 0.29) is 5.91 Å². The van der Waals surface area contributed by atoms with E-state index in [2.05, 4.69) is 15.3 Å². The first-order chi connectivity index (χ1) is 14.3. The average molecular weight is 379 g/mol. The van der Waals surface area contributed by atoms with E-state index in [0.717, 1.165) is 28.1 Å². The largest absolute Gasteiger partial charge is 0.322 e. The molecule has 3 aromatic carbocycles. The van der Waals surface area contributed by atoms with Crippen LogP contribution in [0.25, 0.3) is 22.4 Å². The summed E-state index contributed by atoms with van der Waals surface area (Å²) in [4.78, 5) is 21.3. The van der Waals surface area contributed by atoms with Crippen LogP contribution in [0.2, 0.25) is 0 Å². The summed E-state index contributed by atoms with van der Waals surface area (Å²) in [7, 11) is 0. The van der Waals surface area contributed by atoms with Gasteiger partial charge in [0.1, 0.15) is 6.33 Å². The lowest BCUT2D eigenvalue weighted by Gasteiger charge is -2.10. The van der Waals surface area contributed by atoms with Gasteiger partial charge in [-0.3, -0.25) is 9.36 Å². The molecule has 0 unspecified atom stereocenters. The molecule has 0 saturated carbocycles. The van der Waals surface area contributed by atoms with Gasteiger partial charge in [-0.25, -0.2) is 9.97 Å². The van der Waals surface area contributed by atoms with Crippen LogP contribution in [0.1, 0.15) is 10.4 Å². The summed E-state index contributed by atoms with van der Waals surface area (Å²) >= 11 is 0. The Labute approximate surface area is 167 Å². The Morgan fingerprint density at radius 2 is 1.72 bits per heavy atom. The highest BCUT2D eigenvalue weighted by molar-refractivity contribution is 6.04. The molecule has 2 heterocycles. The molecular formula is C23H17N5O. The van der Waals surface area contributed by atoms with E-state index in [0.29, 0.717) is 5.56 Å². The molecule has 0 aliphatic heterocycles. The third-order valence-electron chi connectivity index (χ3n) is 4.75. The number of anilines is 1. The van der Waals surface area contributed by atoms with E-state index in [4.69, 9.17) is 0 Å². The lowest BCUT2D eigenvalue weighted by Crippen LogP contribution is -2.12. The number of benzene rings is 3. The lowest BCUT2D eigenvalue weighted by molar-refractivity contribution is 0.102. The second-order valence-corrected chi connectivity index (χ2v) is 6.63. The molecule has 0 aliphatic carbocycles. The Bertz CT molecular complexity index is 1300. The number of para-hydroxylation sites is 2. The summed E-state index contributed by atoms with van der Waals surface area (Å²) in [6.45, 7) is 0. The topological polar surface area (TPSA) is 64.7 Å². The first-order valence-electron chi connectivity index (χ1n) is 9.20. The SMILES string of the molecule is O=C(Nc1cccc(-n2cnc3ccccc32)c1)c1cccc(-n2ccnc2)c1. The molecule has 6 nitrogen and oxygen atoms in total. The second kappa shape index (κ2) is 7.09. The highest BCUT2D eigenvalue weighted by Gasteiger charge is 2.09. The number of carbonyl (C=O) groups excluding carboxylic acids is 1. The summed E-state index contributed by atoms with van der Waals surface area (Å²) in [6.07, 6.45) is 7.05. The predicted molar refractivity (Wildman–Crippen MR) is 113 cm³/mol. The van der Waals surface area contributed by atoms with E-state index in [1.807, 2.05) is 82.1 Å². The number of nitrogens with zero attached hydrogens (tertiary/aromatic N) is 4. The molecule has 140 valence electrons. The fourth-order valence-electron chi connectivity index (χ4n) is 3.32. The predicted octanol–water partition coefficient (Wildman–Crippen LogP) is 4.46. The molecule has 2 aromatic heterocycles. The maximum absolute atomic E-state index is 12.8. The molecule has 0 bridgehead atoms. The van der Waals surface area contributed by atoms with Crippen LogP contribution in [-0.2, 0) is 0 Å². The van der Waals surface area contributed by atoms with Gasteiger partial charge in [-0.1, -0.05) is 24.3 Å². The van der Waals surface area contributed by atoms with Crippen molar-refractivity contribution < 1.29 is 4.79 Å². The van der Waals surface area contributed by atoms with Gasteiger partial charge in [-0.15, -0.1) is 0 Å². The second-order valence-electron chi connectivity index (χ2n) is 6.63. The van der Waals surface area contributed by atoms with Crippen molar-refractivity contribution in [3.63, 3.8) is 0 Å². The molecule has 5 aromatic rings. The minimum absolute atomic E-state index is 0.167. The quantitative estimate of drug-likeness (QED) is 0.501. The molecular weight excluding hydrogens is 362 g/mol. The van der Waals surface area contributed by atoms with E-state index >= 15 is 0 Å². The third-order valence-corrected chi connectivity index (χ3v) is 4.75. The van der Waals surface area contributed by atoms with Crippen molar-refractivity contribution in [2.45, 2.75) is 0 Å². The smallest absolute Gasteiger partial charge is 0.255 e. The number of nitrogens with one attached hydrogen (secondary N) is 1. The molecule has 0 radical (unpaired) electrons. The number of rotatable bonds is 4. The van der Waals surface area contributed by atoms with Gasteiger partial charge in [0.2, 0.25) is 0 Å². The molecule has 1 amide bonds. The fourth-order valence-corrected chi connectivity index (χ4v) is 3.32. The van der Waals surface area contributed by atoms with Crippen molar-refractivity contribution in [2.24, 2.45) is 0 Å². The van der Waals surface area contributed by atoms with Crippen molar-refractivity contribution in [2.75, 3.05) is 5.32 Å². The van der Waals surface area contributed by atoms with Gasteiger partial charge < -0.3 is 9.88 Å². The summed E-state index contributed by atoms with van der Waals surface area (Å²) < 4.78 is 3.87. The van der Waals surface area contributed by atoms with Crippen molar-refractivity contribution in [1.29, 1.82) is 0 Å². The molecule has 0 atom stereocenters. The Morgan fingerprint density at radius 3 is 2.62 bits per heavy atom. The Kier molecular flexibility index (Phi) is 4.14. The van der Waals surface area contributed by atoms with Crippen LogP contribution in [-0.4, -0.2) is 25.0 Å². The van der Waals surface area contributed by atoms with Gasteiger partial charge in [-0.2, -0.15) is 0 Å². The normalized spacial score (nSPS) is 10.9. The molecule has 0 fully saturated rings. The maximum Gasteiger partial charge on any atom is 0.255 e. The average Bonchev–Trinajstić information content (AvgIpc) is 3.44. The zero-order valence-corrected chi connectivity index (χ0v) is 15.4. The Hall–Kier alpha value is -4.19. The van der Waals surface area contributed by atoms with E-state index < -0.39 is 0 Å². The summed E-state index contributed by atoms with van der Waals surface area (Å²) in [6, 6.07) is 23.1. The van der Waals surface area contributed by atoms with Gasteiger partial charge in [0.25, 0.3) is 5.91 Å². The molecule has 1 N–H and O–H groups in total. The highest BCUT2D eigenvalue weighted by atomic mass is 16.1. The van der Waals surface area contributed by atoms with Crippen LogP contribution in [0.3, 0.4) is 0 Å². The van der Waals surface area contributed by atoms with E-state index in [1.165, 1.54) is 0 Å². The molecule has 0 spiro atoms. The number of hydrogen-bond donors (Lipinski definition) is 1. The summed E-state index contributed by atoms with van der Waals surface area (Å²) in [5.74, 6) is -0.167. The zero-order chi connectivity index (χ0) is 19.6. The lowest BCUT2D eigenvalue weighted by atomic mass is 10.1. The Morgan fingerprint density at radius 1 is 0.862 bits per heavy atom. The van der Waals surface area contributed by atoms with Gasteiger partial charge >= 0.3 is 0 Å². The van der Waals surface area contributed by atoms with Crippen molar-refractivity contribution >= 4 is 22.6 Å². The van der Waals surface area contributed by atoms with Crippen LogP contribution in [0.15, 0.2) is 97.8 Å². The number of hydrogen-bond acceptors (Lipinski definition) is 3. The van der Waals surface area contributed by atoms with Crippen molar-refractivity contribution in [3.05, 3.63) is 103 Å². The first kappa shape index (κ1) is 16.9. The first-order valence-corrected chi connectivity index (χ1v) is 9.20. The van der Waals surface area contributed by atoms with E-state index in [9.17, 15) is 4.79 Å². The molecule has 29 heavy (non-hydrogen) atoms. The molecule has 0 aliphatic rings. The number of amides is 1. The molecule has 5 rings (SSSR count).